The van der Waals surface area contributed by atoms with E-state index in [1.807, 2.05) is 24.3 Å². The molecular weight excluding hydrogens is 481 g/mol. The molecule has 0 unspecified atom stereocenters. The Hall–Kier alpha value is -4.79. The number of benzene rings is 3. The molecule has 7 nitrogen and oxygen atoms in total. The summed E-state index contributed by atoms with van der Waals surface area (Å²) in [6.07, 6.45) is 1.57. The predicted molar refractivity (Wildman–Crippen MR) is 135 cm³/mol. The lowest BCUT2D eigenvalue weighted by Crippen LogP contribution is -2.02. The zero-order valence-corrected chi connectivity index (χ0v) is 19.8. The first kappa shape index (κ1) is 24.3. The molecule has 178 valence electrons. The number of halogens is 2. The molecule has 9 heteroatoms. The summed E-state index contributed by atoms with van der Waals surface area (Å²) in [5.74, 6) is 0.390. The highest BCUT2D eigenvalue weighted by molar-refractivity contribution is 6.31. The average Bonchev–Trinajstić information content (AvgIpc) is 3.23. The van der Waals surface area contributed by atoms with Crippen LogP contribution in [0.2, 0.25) is 5.02 Å². The SMILES string of the molecule is COc1cc(/C=C(\C#N)c2nn(-c3ccccc3)c(N)c2C#N)ccc1OCc1c(F)cccc1Cl. The molecule has 0 aliphatic rings. The topological polar surface area (TPSA) is 110 Å². The van der Waals surface area contributed by atoms with Gasteiger partial charge in [-0.1, -0.05) is 41.9 Å². The molecule has 0 atom stereocenters. The Bertz CT molecular complexity index is 1510. The van der Waals surface area contributed by atoms with Crippen molar-refractivity contribution in [2.45, 2.75) is 6.61 Å². The van der Waals surface area contributed by atoms with Gasteiger partial charge in [0.05, 0.1) is 23.4 Å². The van der Waals surface area contributed by atoms with Crippen molar-refractivity contribution in [3.63, 3.8) is 0 Å². The Morgan fingerprint density at radius 1 is 1.11 bits per heavy atom. The number of nitrogens with two attached hydrogens (primary N) is 1. The van der Waals surface area contributed by atoms with Crippen molar-refractivity contribution in [2.24, 2.45) is 0 Å². The number of hydrogen-bond donors (Lipinski definition) is 1. The van der Waals surface area contributed by atoms with Crippen molar-refractivity contribution >= 4 is 29.1 Å². The van der Waals surface area contributed by atoms with Gasteiger partial charge in [0.2, 0.25) is 0 Å². The molecule has 0 saturated heterocycles. The van der Waals surface area contributed by atoms with Crippen molar-refractivity contribution in [2.75, 3.05) is 12.8 Å². The predicted octanol–water partition coefficient (Wildman–Crippen LogP) is 5.77. The molecule has 0 radical (unpaired) electrons. The highest BCUT2D eigenvalue weighted by atomic mass is 35.5. The van der Waals surface area contributed by atoms with Crippen LogP contribution >= 0.6 is 11.6 Å². The van der Waals surface area contributed by atoms with Gasteiger partial charge in [-0.25, -0.2) is 9.07 Å². The second-order valence-corrected chi connectivity index (χ2v) is 7.94. The molecule has 0 aliphatic heterocycles. The summed E-state index contributed by atoms with van der Waals surface area (Å²) >= 11 is 6.07. The van der Waals surface area contributed by atoms with E-state index in [9.17, 15) is 14.9 Å². The van der Waals surface area contributed by atoms with Gasteiger partial charge in [-0.15, -0.1) is 0 Å². The molecule has 0 spiro atoms. The van der Waals surface area contributed by atoms with Crippen molar-refractivity contribution in [3.8, 4) is 29.3 Å². The maximum Gasteiger partial charge on any atom is 0.161 e. The van der Waals surface area contributed by atoms with Gasteiger partial charge in [0.1, 0.15) is 41.6 Å². The van der Waals surface area contributed by atoms with Crippen molar-refractivity contribution < 1.29 is 13.9 Å². The maximum atomic E-state index is 14.1. The fourth-order valence-corrected chi connectivity index (χ4v) is 3.75. The van der Waals surface area contributed by atoms with Gasteiger partial charge in [-0.2, -0.15) is 15.6 Å². The Balaban J connectivity index is 1.67. The Morgan fingerprint density at radius 3 is 2.56 bits per heavy atom. The third-order valence-electron chi connectivity index (χ3n) is 5.34. The smallest absolute Gasteiger partial charge is 0.161 e. The molecule has 0 bridgehead atoms. The van der Waals surface area contributed by atoms with Crippen molar-refractivity contribution in [1.82, 2.24) is 9.78 Å². The van der Waals surface area contributed by atoms with E-state index in [1.54, 1.807) is 42.5 Å². The molecule has 0 saturated carbocycles. The number of hydrogen-bond acceptors (Lipinski definition) is 6. The number of nitrogens with zero attached hydrogens (tertiary/aromatic N) is 4. The second-order valence-electron chi connectivity index (χ2n) is 7.54. The number of ether oxygens (including phenoxy) is 2. The molecule has 0 aliphatic carbocycles. The monoisotopic (exact) mass is 499 g/mol. The molecule has 3 aromatic carbocycles. The minimum atomic E-state index is -0.470. The summed E-state index contributed by atoms with van der Waals surface area (Å²) in [6, 6.07) is 22.6. The van der Waals surface area contributed by atoms with E-state index < -0.39 is 5.82 Å². The summed E-state index contributed by atoms with van der Waals surface area (Å²) in [5, 5.41) is 24.2. The van der Waals surface area contributed by atoms with Gasteiger partial charge in [-0.3, -0.25) is 0 Å². The third kappa shape index (κ3) is 4.85. The molecule has 4 rings (SSSR count). The number of anilines is 1. The lowest BCUT2D eigenvalue weighted by molar-refractivity contribution is 0.280. The quantitative estimate of drug-likeness (QED) is 0.323. The van der Waals surface area contributed by atoms with Crippen LogP contribution in [0, 0.1) is 28.5 Å². The van der Waals surface area contributed by atoms with E-state index in [2.05, 4.69) is 11.2 Å². The first-order valence-electron chi connectivity index (χ1n) is 10.7. The van der Waals surface area contributed by atoms with Crippen LogP contribution in [0.1, 0.15) is 22.4 Å². The number of rotatable bonds is 7. The summed E-state index contributed by atoms with van der Waals surface area (Å²) in [7, 11) is 1.47. The van der Waals surface area contributed by atoms with Crippen LogP contribution in [0.4, 0.5) is 10.2 Å². The molecule has 0 amide bonds. The summed E-state index contributed by atoms with van der Waals surface area (Å²) < 4.78 is 26.7. The first-order valence-corrected chi connectivity index (χ1v) is 11.0. The number of allylic oxidation sites excluding steroid dienone is 1. The van der Waals surface area contributed by atoms with Gasteiger partial charge < -0.3 is 15.2 Å². The minimum Gasteiger partial charge on any atom is -0.493 e. The number of methoxy groups -OCH3 is 1. The average molecular weight is 500 g/mol. The van der Waals surface area contributed by atoms with E-state index in [0.29, 0.717) is 22.7 Å². The van der Waals surface area contributed by atoms with E-state index in [0.717, 1.165) is 0 Å². The van der Waals surface area contributed by atoms with Crippen LogP contribution in [0.3, 0.4) is 0 Å². The zero-order valence-electron chi connectivity index (χ0n) is 19.1. The Morgan fingerprint density at radius 2 is 1.89 bits per heavy atom. The molecule has 1 heterocycles. The fraction of sp³-hybridized carbons (Fsp3) is 0.0741. The number of aromatic nitrogens is 2. The number of nitriles is 2. The highest BCUT2D eigenvalue weighted by Crippen LogP contribution is 2.32. The summed E-state index contributed by atoms with van der Waals surface area (Å²) in [4.78, 5) is 0. The van der Waals surface area contributed by atoms with Crippen molar-refractivity contribution in [3.05, 3.63) is 100.0 Å². The normalized spacial score (nSPS) is 11.0. The van der Waals surface area contributed by atoms with Crippen LogP contribution < -0.4 is 15.2 Å². The fourth-order valence-electron chi connectivity index (χ4n) is 3.53. The molecule has 1 aromatic heterocycles. The van der Waals surface area contributed by atoms with Crippen LogP contribution in [0.5, 0.6) is 11.5 Å². The van der Waals surface area contributed by atoms with Gasteiger partial charge in [0.25, 0.3) is 0 Å². The largest absolute Gasteiger partial charge is 0.493 e. The maximum absolute atomic E-state index is 14.1. The lowest BCUT2D eigenvalue weighted by Gasteiger charge is -2.12. The molecule has 36 heavy (non-hydrogen) atoms. The van der Waals surface area contributed by atoms with Gasteiger partial charge >= 0.3 is 0 Å². The zero-order chi connectivity index (χ0) is 25.7. The first-order chi connectivity index (χ1) is 17.5. The Kier molecular flexibility index (Phi) is 7.20. The summed E-state index contributed by atoms with van der Waals surface area (Å²) in [6.45, 7) is -0.0950. The number of para-hydroxylation sites is 1. The molecular formula is C27H19ClFN5O2. The van der Waals surface area contributed by atoms with Crippen LogP contribution in [0.15, 0.2) is 66.7 Å². The molecule has 0 fully saturated rings. The van der Waals surface area contributed by atoms with Crippen molar-refractivity contribution in [1.29, 1.82) is 10.5 Å². The lowest BCUT2D eigenvalue weighted by atomic mass is 10.1. The van der Waals surface area contributed by atoms with E-state index in [1.165, 1.54) is 23.9 Å². The van der Waals surface area contributed by atoms with Crippen LogP contribution in [-0.4, -0.2) is 16.9 Å². The molecule has 4 aromatic rings. The second kappa shape index (κ2) is 10.6. The van der Waals surface area contributed by atoms with Gasteiger partial charge in [0, 0.05) is 5.56 Å². The van der Waals surface area contributed by atoms with Gasteiger partial charge in [0.15, 0.2) is 11.5 Å². The van der Waals surface area contributed by atoms with E-state index in [-0.39, 0.29) is 39.8 Å². The van der Waals surface area contributed by atoms with Crippen LogP contribution in [0.25, 0.3) is 17.3 Å². The minimum absolute atomic E-state index is 0.0950. The highest BCUT2D eigenvalue weighted by Gasteiger charge is 2.20. The van der Waals surface area contributed by atoms with Crippen LogP contribution in [-0.2, 0) is 6.61 Å². The Labute approximate surface area is 212 Å². The van der Waals surface area contributed by atoms with E-state index >= 15 is 0 Å². The standard InChI is InChI=1S/C27H19ClFN5O2/c1-35-25-13-17(10-11-24(25)36-16-21-22(28)8-5-9-23(21)29)12-18(14-30)26-20(15-31)27(32)34(33-26)19-6-3-2-4-7-19/h2-13H,16,32H2,1H3/b18-12+. The van der Waals surface area contributed by atoms with Gasteiger partial charge in [-0.05, 0) is 48.0 Å². The molecule has 2 N–H and O–H groups in total. The third-order valence-corrected chi connectivity index (χ3v) is 5.70. The number of nitrogen functional groups attached to an aromatic ring is 1. The van der Waals surface area contributed by atoms with E-state index in [4.69, 9.17) is 26.8 Å². The summed E-state index contributed by atoms with van der Waals surface area (Å²) in [5.41, 5.74) is 8.05.